The number of fused-ring (bicyclic) bond motifs is 16. The highest BCUT2D eigenvalue weighted by Gasteiger charge is 2.36. The van der Waals surface area contributed by atoms with E-state index in [1.165, 1.54) is 9.26 Å². The zero-order valence-electron chi connectivity index (χ0n) is 37.3. The van der Waals surface area contributed by atoms with Crippen LogP contribution in [0.25, 0.3) is 68.1 Å². The molecule has 0 bridgehead atoms. The van der Waals surface area contributed by atoms with Gasteiger partial charge >= 0.3 is 0 Å². The van der Waals surface area contributed by atoms with Crippen LogP contribution in [0.3, 0.4) is 0 Å². The predicted octanol–water partition coefficient (Wildman–Crippen LogP) is 8.10. The number of hydrogen-bond acceptors (Lipinski definition) is 24. The molecule has 8 heterocycles. The molecule has 0 radical (unpaired) electrons. The Morgan fingerprint density at radius 3 is 0.988 bits per heavy atom. The molecule has 28 nitrogen and oxygen atoms in total. The second-order valence-electron chi connectivity index (χ2n) is 16.4. The Balaban J connectivity index is 0.000000276. The fourth-order valence-electron chi connectivity index (χ4n) is 8.92. The highest BCUT2D eigenvalue weighted by atomic mass is 16.1. The van der Waals surface area contributed by atoms with Gasteiger partial charge in [-0.1, -0.05) is 186 Å². The molecule has 12 aromatic rings. The van der Waals surface area contributed by atoms with E-state index in [-0.39, 0.29) is 121 Å². The molecule has 0 aliphatic heterocycles. The van der Waals surface area contributed by atoms with Crippen LogP contribution in [-0.4, -0.2) is 144 Å². The van der Waals surface area contributed by atoms with Gasteiger partial charge in [0.2, 0.25) is 23.1 Å². The van der Waals surface area contributed by atoms with Crippen LogP contribution >= 0.6 is 0 Å². The van der Waals surface area contributed by atoms with Crippen molar-refractivity contribution in [1.29, 1.82) is 0 Å². The first-order valence-electron chi connectivity index (χ1n) is 21.5. The van der Waals surface area contributed by atoms with Crippen molar-refractivity contribution in [3.05, 3.63) is 140 Å². The van der Waals surface area contributed by atoms with Gasteiger partial charge in [-0.2, -0.15) is 0 Å². The van der Waals surface area contributed by atoms with Gasteiger partial charge in [-0.25, -0.2) is 19.9 Å². The minimum absolute atomic E-state index is 0. The normalized spacial score (nSPS) is 11.3. The third-order valence-corrected chi connectivity index (χ3v) is 12.2. The number of nitrogens with zero attached hydrogens (tertiary/aromatic N) is 24. The SMILES string of the molecule is C.C.C.C.C.C.C.C.C.C.Cc1cccc2c1-c1nc3nnnn3nc1C2=O.Cc1cccc2c1-c1nn3nnnc3nc1C2=O.Cc1cccc2c1C(=O)c1nc3nnnn3nc1-2.Cc1cccc2c1C(=O)c1nn3nnnc3nc1-2. The van der Waals surface area contributed by atoms with Crippen molar-refractivity contribution < 1.29 is 19.2 Å². The first kappa shape index (κ1) is 65.5. The maximum absolute atomic E-state index is 12.3. The highest BCUT2D eigenvalue weighted by Crippen LogP contribution is 2.39. The molecule has 4 aromatic carbocycles. The molecular formula is C54H64N24O4. The van der Waals surface area contributed by atoms with E-state index in [1.54, 1.807) is 12.1 Å². The van der Waals surface area contributed by atoms with Crippen LogP contribution in [0.2, 0.25) is 0 Å². The molecule has 0 fully saturated rings. The highest BCUT2D eigenvalue weighted by molar-refractivity contribution is 6.22. The minimum Gasteiger partial charge on any atom is -0.287 e. The summed E-state index contributed by atoms with van der Waals surface area (Å²) in [6.45, 7) is 7.67. The number of ketones is 4. The third kappa shape index (κ3) is 9.80. The van der Waals surface area contributed by atoms with Crippen molar-refractivity contribution in [3.8, 4) is 45.0 Å². The van der Waals surface area contributed by atoms with E-state index in [2.05, 4.69) is 102 Å². The lowest BCUT2D eigenvalue weighted by molar-refractivity contribution is 0.102. The average molecular weight is 1110 g/mol. The van der Waals surface area contributed by atoms with Gasteiger partial charge in [0.15, 0.2) is 11.4 Å². The van der Waals surface area contributed by atoms with Gasteiger partial charge in [0, 0.05) is 44.5 Å². The van der Waals surface area contributed by atoms with E-state index < -0.39 is 0 Å². The van der Waals surface area contributed by atoms with E-state index >= 15 is 0 Å². The second-order valence-corrected chi connectivity index (χ2v) is 16.4. The molecule has 8 aromatic heterocycles. The van der Waals surface area contributed by atoms with E-state index in [0.717, 1.165) is 53.8 Å². The summed E-state index contributed by atoms with van der Waals surface area (Å²) >= 11 is 0. The van der Waals surface area contributed by atoms with Crippen molar-refractivity contribution >= 4 is 46.2 Å². The molecule has 82 heavy (non-hydrogen) atoms. The molecule has 16 rings (SSSR count). The maximum atomic E-state index is 12.3. The van der Waals surface area contributed by atoms with E-state index in [1.807, 2.05) is 88.4 Å². The summed E-state index contributed by atoms with van der Waals surface area (Å²) in [6, 6.07) is 22.4. The summed E-state index contributed by atoms with van der Waals surface area (Å²) in [6.07, 6.45) is 0. The van der Waals surface area contributed by atoms with E-state index in [9.17, 15) is 19.2 Å². The van der Waals surface area contributed by atoms with Crippen LogP contribution in [0.4, 0.5) is 0 Å². The predicted molar refractivity (Wildman–Crippen MR) is 307 cm³/mol. The van der Waals surface area contributed by atoms with Crippen LogP contribution in [0, 0.1) is 27.7 Å². The molecule has 0 N–H and O–H groups in total. The number of tetrazole rings is 4. The first-order chi connectivity index (χ1) is 35.0. The van der Waals surface area contributed by atoms with Gasteiger partial charge in [0.1, 0.15) is 34.2 Å². The van der Waals surface area contributed by atoms with Gasteiger partial charge in [-0.05, 0) is 91.7 Å². The molecule has 0 amide bonds. The van der Waals surface area contributed by atoms with Gasteiger partial charge < -0.3 is 0 Å². The molecule has 0 saturated heterocycles. The fraction of sp³-hybridized carbons (Fsp3) is 0.259. The van der Waals surface area contributed by atoms with Gasteiger partial charge in [-0.15, -0.1) is 20.4 Å². The standard InChI is InChI=1S/4C11H6N6O.10CH4/c1-5-3-2-4-6-7(5)8-9(10(6)18)12-11-13-15-16-17(11)14-8;1-5-3-2-4-6-7(5)8-9(10(6)18)14-17-11(12-8)13-15-16-17;1-5-3-2-4-6-7(5)10(18)9-8(6)14-17-11(12-9)13-15-16-17;1-5-3-2-4-6-7(5)10(18)9-8(6)12-11-13-15-16-17(11)14-9;;;;;;;;;;/h4*2-4H,1H3;10*1H4. The molecule has 0 saturated carbocycles. The summed E-state index contributed by atoms with van der Waals surface area (Å²) in [7, 11) is 0. The molecule has 28 heteroatoms. The largest absolute Gasteiger partial charge is 0.292 e. The molecule has 4 aliphatic carbocycles. The zero-order chi connectivity index (χ0) is 49.1. The van der Waals surface area contributed by atoms with Crippen LogP contribution in [0.15, 0.2) is 72.8 Å². The molecule has 4 aliphatic rings. The summed E-state index contributed by atoms with van der Waals surface area (Å²) in [5, 5.41) is 60.2. The van der Waals surface area contributed by atoms with Gasteiger partial charge in [0.05, 0.1) is 0 Å². The number of aryl methyl sites for hydroxylation is 4. The van der Waals surface area contributed by atoms with Crippen LogP contribution in [0.1, 0.15) is 161 Å². The maximum Gasteiger partial charge on any atom is 0.292 e. The summed E-state index contributed by atoms with van der Waals surface area (Å²) < 4.78 is 4.78. The monoisotopic (exact) mass is 1110 g/mol. The Labute approximate surface area is 471 Å². The first-order valence-corrected chi connectivity index (χ1v) is 21.5. The number of aromatic nitrogens is 24. The van der Waals surface area contributed by atoms with Crippen molar-refractivity contribution in [2.75, 3.05) is 0 Å². The second kappa shape index (κ2) is 24.5. The molecule has 424 valence electrons. The Morgan fingerprint density at radius 2 is 0.561 bits per heavy atom. The fourth-order valence-corrected chi connectivity index (χ4v) is 8.92. The summed E-state index contributed by atoms with van der Waals surface area (Å²) in [4.78, 5) is 66.0. The Bertz CT molecular complexity index is 4130. The van der Waals surface area contributed by atoms with Crippen molar-refractivity contribution in [2.24, 2.45) is 0 Å². The third-order valence-electron chi connectivity index (χ3n) is 12.2. The summed E-state index contributed by atoms with van der Waals surface area (Å²) in [5.74, 6) is 0.545. The average Bonchev–Trinajstić information content (AvgIpc) is 4.33. The molecule has 0 atom stereocenters. The van der Waals surface area contributed by atoms with Crippen molar-refractivity contribution in [3.63, 3.8) is 0 Å². The van der Waals surface area contributed by atoms with E-state index in [0.29, 0.717) is 67.8 Å². The topological polar surface area (TPSA) is 344 Å². The van der Waals surface area contributed by atoms with E-state index in [4.69, 9.17) is 0 Å². The van der Waals surface area contributed by atoms with Crippen LogP contribution in [-0.2, 0) is 0 Å². The number of benzene rings is 4. The quantitative estimate of drug-likeness (QED) is 0.138. The zero-order valence-corrected chi connectivity index (χ0v) is 37.3. The molecule has 0 unspecified atom stereocenters. The van der Waals surface area contributed by atoms with Crippen molar-refractivity contribution in [1.82, 2.24) is 121 Å². The van der Waals surface area contributed by atoms with Crippen LogP contribution < -0.4 is 0 Å². The lowest BCUT2D eigenvalue weighted by Crippen LogP contribution is -2.06. The van der Waals surface area contributed by atoms with Gasteiger partial charge in [0.25, 0.3) is 23.1 Å². The molecule has 0 spiro atoms. The number of rotatable bonds is 0. The Hall–Kier alpha value is -10.8. The lowest BCUT2D eigenvalue weighted by Gasteiger charge is -2.01. The minimum atomic E-state index is -0.131. The lowest BCUT2D eigenvalue weighted by atomic mass is 10.0. The Morgan fingerprint density at radius 1 is 0.280 bits per heavy atom. The molecular weight excluding hydrogens is 1050 g/mol. The number of carbonyl (C=O) groups is 4. The Kier molecular flexibility index (Phi) is 19.5. The smallest absolute Gasteiger partial charge is 0.287 e. The summed E-state index contributed by atoms with van der Waals surface area (Å²) in [5.41, 5.74) is 13.1. The van der Waals surface area contributed by atoms with Gasteiger partial charge in [-0.3, -0.25) is 19.2 Å². The number of hydrogen-bond donors (Lipinski definition) is 0. The van der Waals surface area contributed by atoms with Crippen molar-refractivity contribution in [2.45, 2.75) is 102 Å². The van der Waals surface area contributed by atoms with Crippen LogP contribution in [0.5, 0.6) is 0 Å². The number of carbonyl (C=O) groups excluding carboxylic acids is 4.